The second kappa shape index (κ2) is 6.19. The number of nitrogens with zero attached hydrogens (tertiary/aromatic N) is 2. The second-order valence-electron chi connectivity index (χ2n) is 4.70. The molecular weight excluding hydrogens is 300 g/mol. The van der Waals surface area contributed by atoms with Gasteiger partial charge in [0.05, 0.1) is 9.82 Å². The normalized spacial score (nSPS) is 11.9. The molecule has 1 rings (SSSR count). The van der Waals surface area contributed by atoms with Crippen molar-refractivity contribution in [2.24, 2.45) is 0 Å². The lowest BCUT2D eigenvalue weighted by Gasteiger charge is -2.24. The molecule has 0 radical (unpaired) electrons. The monoisotopic (exact) mass is 316 g/mol. The molecule has 116 valence electrons. The van der Waals surface area contributed by atoms with Gasteiger partial charge in [0.15, 0.2) is 0 Å². The van der Waals surface area contributed by atoms with Crippen LogP contribution in [0.4, 0.5) is 5.69 Å². The van der Waals surface area contributed by atoms with E-state index in [-0.39, 0.29) is 16.1 Å². The van der Waals surface area contributed by atoms with Crippen LogP contribution in [-0.2, 0) is 14.8 Å². The van der Waals surface area contributed by atoms with E-state index in [2.05, 4.69) is 0 Å². The Morgan fingerprint density at radius 3 is 2.43 bits per heavy atom. The van der Waals surface area contributed by atoms with Crippen LogP contribution in [-0.4, -0.2) is 41.3 Å². The number of benzene rings is 1. The Labute approximate surface area is 122 Å². The van der Waals surface area contributed by atoms with E-state index in [1.165, 1.54) is 39.0 Å². The van der Waals surface area contributed by atoms with Crippen LogP contribution in [0.1, 0.15) is 19.4 Å². The van der Waals surface area contributed by atoms with Gasteiger partial charge in [-0.2, -0.15) is 4.31 Å². The van der Waals surface area contributed by atoms with Crippen molar-refractivity contribution in [2.45, 2.75) is 31.7 Å². The lowest BCUT2D eigenvalue weighted by molar-refractivity contribution is -0.385. The Bertz CT molecular complexity index is 668. The van der Waals surface area contributed by atoms with E-state index in [4.69, 9.17) is 5.11 Å². The van der Waals surface area contributed by atoms with E-state index in [0.717, 1.165) is 4.31 Å². The van der Waals surface area contributed by atoms with Crippen molar-refractivity contribution in [1.29, 1.82) is 0 Å². The molecule has 0 aliphatic heterocycles. The quantitative estimate of drug-likeness (QED) is 0.626. The van der Waals surface area contributed by atoms with Crippen molar-refractivity contribution in [3.63, 3.8) is 0 Å². The summed E-state index contributed by atoms with van der Waals surface area (Å²) in [6.07, 6.45) is 0. The molecule has 1 N–H and O–H groups in total. The smallest absolute Gasteiger partial charge is 0.318 e. The number of carboxylic acids is 1. The number of aliphatic carboxylic acids is 1. The molecule has 8 nitrogen and oxygen atoms in total. The molecule has 0 spiro atoms. The molecule has 1 aromatic rings. The molecule has 9 heteroatoms. The van der Waals surface area contributed by atoms with Gasteiger partial charge in [0.1, 0.15) is 6.54 Å². The van der Waals surface area contributed by atoms with Crippen LogP contribution in [0.2, 0.25) is 0 Å². The molecule has 0 fully saturated rings. The minimum Gasteiger partial charge on any atom is -0.480 e. The molecule has 0 aliphatic carbocycles. The molecule has 0 bridgehead atoms. The van der Waals surface area contributed by atoms with Gasteiger partial charge in [-0.15, -0.1) is 0 Å². The minimum atomic E-state index is -4.13. The fraction of sp³-hybridized carbons (Fsp3) is 0.417. The van der Waals surface area contributed by atoms with Crippen molar-refractivity contribution in [1.82, 2.24) is 4.31 Å². The summed E-state index contributed by atoms with van der Waals surface area (Å²) < 4.78 is 25.9. The molecule has 0 heterocycles. The number of hydrogen-bond acceptors (Lipinski definition) is 5. The number of rotatable bonds is 6. The van der Waals surface area contributed by atoms with Gasteiger partial charge >= 0.3 is 5.97 Å². The lowest BCUT2D eigenvalue weighted by Crippen LogP contribution is -2.40. The van der Waals surface area contributed by atoms with Gasteiger partial charge < -0.3 is 5.11 Å². The van der Waals surface area contributed by atoms with Crippen LogP contribution in [0.25, 0.3) is 0 Å². The Balaban J connectivity index is 3.45. The first kappa shape index (κ1) is 17.1. The standard InChI is InChI=1S/C12H16N2O6S/c1-8(2)13(7-12(15)16)21(19,20)11-6-4-5-10(9(11)3)14(17)18/h4-6,8H,7H2,1-3H3,(H,15,16). The first-order valence-corrected chi connectivity index (χ1v) is 7.50. The van der Waals surface area contributed by atoms with Gasteiger partial charge in [0.25, 0.3) is 5.69 Å². The Morgan fingerprint density at radius 2 is 2.00 bits per heavy atom. The summed E-state index contributed by atoms with van der Waals surface area (Å²) in [5.74, 6) is -1.30. The zero-order valence-electron chi connectivity index (χ0n) is 11.8. The summed E-state index contributed by atoms with van der Waals surface area (Å²) in [6, 6.07) is 3.10. The number of hydrogen-bond donors (Lipinski definition) is 1. The van der Waals surface area contributed by atoms with Crippen LogP contribution >= 0.6 is 0 Å². The highest BCUT2D eigenvalue weighted by Crippen LogP contribution is 2.27. The van der Waals surface area contributed by atoms with E-state index in [0.29, 0.717) is 0 Å². The zero-order chi connectivity index (χ0) is 16.4. The predicted molar refractivity (Wildman–Crippen MR) is 74.5 cm³/mol. The van der Waals surface area contributed by atoms with Crippen molar-refractivity contribution < 1.29 is 23.2 Å². The first-order chi connectivity index (χ1) is 9.59. The summed E-state index contributed by atoms with van der Waals surface area (Å²) in [5, 5.41) is 19.7. The molecule has 21 heavy (non-hydrogen) atoms. The van der Waals surface area contributed by atoms with Crippen molar-refractivity contribution in [3.05, 3.63) is 33.9 Å². The van der Waals surface area contributed by atoms with Crippen molar-refractivity contribution in [3.8, 4) is 0 Å². The van der Waals surface area contributed by atoms with Gasteiger partial charge in [-0.3, -0.25) is 14.9 Å². The van der Waals surface area contributed by atoms with Gasteiger partial charge in [-0.05, 0) is 26.8 Å². The molecule has 0 saturated heterocycles. The Morgan fingerprint density at radius 1 is 1.43 bits per heavy atom. The SMILES string of the molecule is Cc1c([N+](=O)[O-])cccc1S(=O)(=O)N(CC(=O)O)C(C)C. The van der Waals surface area contributed by atoms with Crippen LogP contribution in [0.15, 0.2) is 23.1 Å². The third kappa shape index (κ3) is 3.56. The number of sulfonamides is 1. The maximum absolute atomic E-state index is 12.5. The van der Waals surface area contributed by atoms with E-state index < -0.39 is 33.5 Å². The van der Waals surface area contributed by atoms with E-state index in [9.17, 15) is 23.3 Å². The second-order valence-corrected chi connectivity index (χ2v) is 6.55. The number of carbonyl (C=O) groups is 1. The van der Waals surface area contributed by atoms with E-state index in [1.807, 2.05) is 0 Å². The fourth-order valence-electron chi connectivity index (χ4n) is 1.88. The van der Waals surface area contributed by atoms with Crippen molar-refractivity contribution >= 4 is 21.7 Å². The average Bonchev–Trinajstić information content (AvgIpc) is 2.34. The van der Waals surface area contributed by atoms with Gasteiger partial charge in [-0.25, -0.2) is 8.42 Å². The van der Waals surface area contributed by atoms with E-state index in [1.54, 1.807) is 0 Å². The summed E-state index contributed by atoms with van der Waals surface area (Å²) >= 11 is 0. The Hall–Kier alpha value is -2.00. The molecule has 0 aromatic heterocycles. The highest BCUT2D eigenvalue weighted by atomic mass is 32.2. The number of carboxylic acid groups (broad SMARTS) is 1. The fourth-order valence-corrected chi connectivity index (χ4v) is 3.72. The van der Waals surface area contributed by atoms with Crippen LogP contribution in [0, 0.1) is 17.0 Å². The van der Waals surface area contributed by atoms with Crippen LogP contribution in [0.3, 0.4) is 0 Å². The van der Waals surface area contributed by atoms with Gasteiger partial charge in [-0.1, -0.05) is 6.07 Å². The highest BCUT2D eigenvalue weighted by molar-refractivity contribution is 7.89. The van der Waals surface area contributed by atoms with Crippen LogP contribution in [0.5, 0.6) is 0 Å². The third-order valence-electron chi connectivity index (χ3n) is 2.91. The van der Waals surface area contributed by atoms with Crippen LogP contribution < -0.4 is 0 Å². The topological polar surface area (TPSA) is 118 Å². The number of nitro groups is 1. The third-order valence-corrected chi connectivity index (χ3v) is 5.07. The summed E-state index contributed by atoms with van der Waals surface area (Å²) in [6.45, 7) is 3.69. The minimum absolute atomic E-state index is 0.0152. The molecule has 0 atom stereocenters. The van der Waals surface area contributed by atoms with Gasteiger partial charge in [0.2, 0.25) is 10.0 Å². The largest absolute Gasteiger partial charge is 0.480 e. The summed E-state index contributed by atoms with van der Waals surface area (Å²) in [5.41, 5.74) is -0.339. The molecule has 0 saturated carbocycles. The summed E-state index contributed by atoms with van der Waals surface area (Å²) in [7, 11) is -4.13. The van der Waals surface area contributed by atoms with Gasteiger partial charge in [0, 0.05) is 17.7 Å². The zero-order valence-corrected chi connectivity index (χ0v) is 12.6. The van der Waals surface area contributed by atoms with E-state index >= 15 is 0 Å². The molecule has 0 amide bonds. The lowest BCUT2D eigenvalue weighted by atomic mass is 10.2. The number of nitro benzene ring substituents is 1. The summed E-state index contributed by atoms with van der Waals surface area (Å²) in [4.78, 5) is 20.8. The molecular formula is C12H16N2O6S. The molecule has 0 unspecified atom stereocenters. The average molecular weight is 316 g/mol. The first-order valence-electron chi connectivity index (χ1n) is 6.06. The maximum atomic E-state index is 12.5. The highest BCUT2D eigenvalue weighted by Gasteiger charge is 2.32. The van der Waals surface area contributed by atoms with Crippen molar-refractivity contribution in [2.75, 3.05) is 6.54 Å². The molecule has 0 aliphatic rings. The maximum Gasteiger partial charge on any atom is 0.318 e. The molecule has 1 aromatic carbocycles. The Kier molecular flexibility index (Phi) is 5.02. The predicted octanol–water partition coefficient (Wildman–Crippen LogP) is 1.39.